The molecule has 1 amide bonds. The highest BCUT2D eigenvalue weighted by molar-refractivity contribution is 7.99. The minimum Gasteiger partial charge on any atom is -0.308 e. The molecule has 1 aliphatic rings. The van der Waals surface area contributed by atoms with E-state index in [4.69, 9.17) is 0 Å². The second-order valence-corrected chi connectivity index (χ2v) is 9.67. The number of thioether (sulfide) groups is 1. The Bertz CT molecular complexity index is 940. The topological polar surface area (TPSA) is 57.7 Å². The minimum absolute atomic E-state index is 0.0384. The molecule has 0 N–H and O–H groups in total. The van der Waals surface area contributed by atoms with Gasteiger partial charge in [-0.15, -0.1) is 11.8 Å². The monoisotopic (exact) mass is 390 g/mol. The number of hydrogen-bond donors (Lipinski definition) is 0. The molecule has 0 bridgehead atoms. The summed E-state index contributed by atoms with van der Waals surface area (Å²) >= 11 is 1.65. The van der Waals surface area contributed by atoms with Crippen LogP contribution in [0.1, 0.15) is 22.8 Å². The maximum absolute atomic E-state index is 13.1. The third kappa shape index (κ3) is 3.39. The van der Waals surface area contributed by atoms with Gasteiger partial charge in [0.2, 0.25) is 10.0 Å². The number of carbonyl (C=O) groups excluding carboxylic acids is 1. The van der Waals surface area contributed by atoms with Crippen molar-refractivity contribution in [3.63, 3.8) is 0 Å². The zero-order valence-electron chi connectivity index (χ0n) is 15.1. The fourth-order valence-corrected chi connectivity index (χ4v) is 4.78. The normalized spacial score (nSPS) is 13.9. The highest BCUT2D eigenvalue weighted by Crippen LogP contribution is 2.33. The summed E-state index contributed by atoms with van der Waals surface area (Å²) < 4.78 is 25.9. The number of nitrogens with zero attached hydrogens (tertiary/aromatic N) is 2. The number of anilines is 1. The van der Waals surface area contributed by atoms with Gasteiger partial charge in [-0.25, -0.2) is 12.7 Å². The molecule has 0 unspecified atom stereocenters. The maximum atomic E-state index is 13.1. The van der Waals surface area contributed by atoms with Crippen molar-refractivity contribution in [1.29, 1.82) is 0 Å². The fourth-order valence-electron chi connectivity index (χ4n) is 3.03. The molecule has 0 aromatic heterocycles. The van der Waals surface area contributed by atoms with E-state index in [1.54, 1.807) is 34.9 Å². The van der Waals surface area contributed by atoms with Crippen LogP contribution < -0.4 is 4.90 Å². The number of hydrogen-bond acceptors (Lipinski definition) is 4. The van der Waals surface area contributed by atoms with Gasteiger partial charge in [-0.05, 0) is 48.1 Å². The van der Waals surface area contributed by atoms with Crippen LogP contribution in [0.15, 0.2) is 52.3 Å². The standard InChI is InChI=1S/C19H22N2O3S2/c1-4-25-18-8-6-5-7-16(18)19(22)21-12-11-14-13-15(9-10-17(14)21)26(23,24)20(2)3/h5-10,13H,4,11-12H2,1-3H3. The van der Waals surface area contributed by atoms with Crippen molar-refractivity contribution in [2.45, 2.75) is 23.1 Å². The van der Waals surface area contributed by atoms with Gasteiger partial charge in [-0.3, -0.25) is 4.79 Å². The van der Waals surface area contributed by atoms with Gasteiger partial charge in [-0.1, -0.05) is 19.1 Å². The average Bonchev–Trinajstić information content (AvgIpc) is 3.05. The van der Waals surface area contributed by atoms with Crippen molar-refractivity contribution in [3.05, 3.63) is 53.6 Å². The van der Waals surface area contributed by atoms with Crippen molar-refractivity contribution in [1.82, 2.24) is 4.31 Å². The van der Waals surface area contributed by atoms with Crippen molar-refractivity contribution >= 4 is 33.4 Å². The van der Waals surface area contributed by atoms with E-state index in [9.17, 15) is 13.2 Å². The lowest BCUT2D eigenvalue weighted by molar-refractivity contribution is 0.0986. The van der Waals surface area contributed by atoms with E-state index in [2.05, 4.69) is 6.92 Å². The van der Waals surface area contributed by atoms with Crippen LogP contribution in [0.25, 0.3) is 0 Å². The largest absolute Gasteiger partial charge is 0.308 e. The molecule has 0 saturated carbocycles. The zero-order chi connectivity index (χ0) is 18.9. The summed E-state index contributed by atoms with van der Waals surface area (Å²) in [6.07, 6.45) is 0.654. The predicted octanol–water partition coefficient (Wildman–Crippen LogP) is 3.25. The number of carbonyl (C=O) groups is 1. The van der Waals surface area contributed by atoms with Gasteiger partial charge in [0.1, 0.15) is 0 Å². The van der Waals surface area contributed by atoms with Crippen LogP contribution in [-0.4, -0.2) is 45.0 Å². The molecule has 1 heterocycles. The molecule has 0 spiro atoms. The van der Waals surface area contributed by atoms with E-state index in [1.165, 1.54) is 18.4 Å². The second kappa shape index (κ2) is 7.42. The first-order valence-electron chi connectivity index (χ1n) is 8.45. The van der Waals surface area contributed by atoms with Crippen LogP contribution in [0.3, 0.4) is 0 Å². The predicted molar refractivity (Wildman–Crippen MR) is 106 cm³/mol. The summed E-state index contributed by atoms with van der Waals surface area (Å²) in [6.45, 7) is 2.62. The van der Waals surface area contributed by atoms with E-state index in [1.807, 2.05) is 24.3 Å². The van der Waals surface area contributed by atoms with E-state index >= 15 is 0 Å². The van der Waals surface area contributed by atoms with E-state index in [-0.39, 0.29) is 10.8 Å². The van der Waals surface area contributed by atoms with Crippen LogP contribution in [0.2, 0.25) is 0 Å². The van der Waals surface area contributed by atoms with Crippen LogP contribution in [0.5, 0.6) is 0 Å². The minimum atomic E-state index is -3.48. The molecular weight excluding hydrogens is 368 g/mol. The van der Waals surface area contributed by atoms with Crippen molar-refractivity contribution < 1.29 is 13.2 Å². The van der Waals surface area contributed by atoms with Gasteiger partial charge in [0.05, 0.1) is 10.5 Å². The summed E-state index contributed by atoms with van der Waals surface area (Å²) in [4.78, 5) is 16.1. The molecule has 0 saturated heterocycles. The molecule has 5 nitrogen and oxygen atoms in total. The van der Waals surface area contributed by atoms with Crippen molar-refractivity contribution in [2.24, 2.45) is 0 Å². The number of fused-ring (bicyclic) bond motifs is 1. The first kappa shape index (κ1) is 18.9. The molecule has 3 rings (SSSR count). The molecule has 138 valence electrons. The highest BCUT2D eigenvalue weighted by atomic mass is 32.2. The Labute approximate surface area is 159 Å². The lowest BCUT2D eigenvalue weighted by atomic mass is 10.1. The van der Waals surface area contributed by atoms with Crippen LogP contribution in [0, 0.1) is 0 Å². The number of rotatable bonds is 5. The number of benzene rings is 2. The maximum Gasteiger partial charge on any atom is 0.259 e. The van der Waals surface area contributed by atoms with Gasteiger partial charge >= 0.3 is 0 Å². The summed E-state index contributed by atoms with van der Waals surface area (Å²) in [7, 11) is -0.447. The van der Waals surface area contributed by atoms with Gasteiger partial charge in [-0.2, -0.15) is 0 Å². The quantitative estimate of drug-likeness (QED) is 0.736. The molecule has 7 heteroatoms. The first-order valence-corrected chi connectivity index (χ1v) is 10.9. The van der Waals surface area contributed by atoms with E-state index in [0.29, 0.717) is 18.5 Å². The third-order valence-corrected chi connectivity index (χ3v) is 7.15. The molecule has 1 aliphatic heterocycles. The summed E-state index contributed by atoms with van der Waals surface area (Å²) in [5.74, 6) is 0.857. The zero-order valence-corrected chi connectivity index (χ0v) is 16.7. The van der Waals surface area contributed by atoms with Crippen LogP contribution >= 0.6 is 11.8 Å². The van der Waals surface area contributed by atoms with E-state index in [0.717, 1.165) is 21.9 Å². The Morgan fingerprint density at radius 2 is 1.92 bits per heavy atom. The Morgan fingerprint density at radius 3 is 2.62 bits per heavy atom. The summed E-state index contributed by atoms with van der Waals surface area (Å²) in [5.41, 5.74) is 2.38. The molecule has 26 heavy (non-hydrogen) atoms. The summed E-state index contributed by atoms with van der Waals surface area (Å²) in [5, 5.41) is 0. The Morgan fingerprint density at radius 1 is 1.19 bits per heavy atom. The van der Waals surface area contributed by atoms with Crippen molar-refractivity contribution in [3.8, 4) is 0 Å². The third-order valence-electron chi connectivity index (χ3n) is 4.39. The Kier molecular flexibility index (Phi) is 5.41. The molecule has 2 aromatic rings. The molecule has 2 aromatic carbocycles. The smallest absolute Gasteiger partial charge is 0.259 e. The molecule has 0 aliphatic carbocycles. The lowest BCUT2D eigenvalue weighted by Gasteiger charge is -2.19. The fraction of sp³-hybridized carbons (Fsp3) is 0.316. The van der Waals surface area contributed by atoms with Crippen LogP contribution in [0.4, 0.5) is 5.69 Å². The molecule has 0 fully saturated rings. The molecular formula is C19H22N2O3S2. The van der Waals surface area contributed by atoms with Gasteiger partial charge in [0.15, 0.2) is 0 Å². The van der Waals surface area contributed by atoms with Crippen LogP contribution in [-0.2, 0) is 16.4 Å². The van der Waals surface area contributed by atoms with Crippen molar-refractivity contribution in [2.75, 3.05) is 31.3 Å². The molecule has 0 atom stereocenters. The first-order chi connectivity index (χ1) is 12.4. The average molecular weight is 391 g/mol. The van der Waals surface area contributed by atoms with Gasteiger partial charge < -0.3 is 4.90 Å². The SMILES string of the molecule is CCSc1ccccc1C(=O)N1CCc2cc(S(=O)(=O)N(C)C)ccc21. The van der Waals surface area contributed by atoms with Gasteiger partial charge in [0.25, 0.3) is 5.91 Å². The lowest BCUT2D eigenvalue weighted by Crippen LogP contribution is -2.29. The molecule has 0 radical (unpaired) electrons. The Balaban J connectivity index is 1.95. The van der Waals surface area contributed by atoms with E-state index < -0.39 is 10.0 Å². The highest BCUT2D eigenvalue weighted by Gasteiger charge is 2.28. The summed E-state index contributed by atoms with van der Waals surface area (Å²) in [6, 6.07) is 12.6. The van der Waals surface area contributed by atoms with Gasteiger partial charge in [0, 0.05) is 31.2 Å². The number of sulfonamides is 1. The Hall–Kier alpha value is -1.83. The second-order valence-electron chi connectivity index (χ2n) is 6.21. The number of amides is 1.